The van der Waals surface area contributed by atoms with E-state index in [9.17, 15) is 0 Å². The van der Waals surface area contributed by atoms with Crippen molar-refractivity contribution >= 4 is 5.82 Å². The first-order chi connectivity index (χ1) is 7.83. The molecule has 2 heterocycles. The molecule has 0 aliphatic heterocycles. The molecule has 0 bridgehead atoms. The summed E-state index contributed by atoms with van der Waals surface area (Å²) in [7, 11) is 0. The van der Waals surface area contributed by atoms with E-state index in [1.54, 1.807) is 6.26 Å². The van der Waals surface area contributed by atoms with E-state index < -0.39 is 0 Å². The second-order valence-electron chi connectivity index (χ2n) is 3.42. The molecule has 0 unspecified atom stereocenters. The van der Waals surface area contributed by atoms with Gasteiger partial charge in [0.25, 0.3) is 0 Å². The lowest BCUT2D eigenvalue weighted by atomic mass is 10.3. The van der Waals surface area contributed by atoms with E-state index in [1.807, 2.05) is 32.0 Å². The molecule has 0 saturated heterocycles. The highest BCUT2D eigenvalue weighted by atomic mass is 16.3. The molecule has 0 radical (unpaired) electrons. The first-order valence-corrected chi connectivity index (χ1v) is 5.49. The van der Waals surface area contributed by atoms with Gasteiger partial charge in [-0.2, -0.15) is 0 Å². The number of furan rings is 1. The molecule has 2 aromatic rings. The van der Waals surface area contributed by atoms with Gasteiger partial charge >= 0.3 is 0 Å². The molecule has 4 heteroatoms. The highest BCUT2D eigenvalue weighted by Crippen LogP contribution is 2.20. The molecule has 0 spiro atoms. The normalized spacial score (nSPS) is 10.4. The first kappa shape index (κ1) is 10.7. The second kappa shape index (κ2) is 4.79. The number of hydrogen-bond acceptors (Lipinski definition) is 4. The largest absolute Gasteiger partial charge is 0.463 e. The molecular weight excluding hydrogens is 202 g/mol. The van der Waals surface area contributed by atoms with Gasteiger partial charge in [0.2, 0.25) is 0 Å². The number of anilines is 1. The molecule has 0 saturated carbocycles. The predicted octanol–water partition coefficient (Wildman–Crippen LogP) is 2.73. The van der Waals surface area contributed by atoms with E-state index >= 15 is 0 Å². The average Bonchev–Trinajstić information content (AvgIpc) is 2.82. The van der Waals surface area contributed by atoms with E-state index in [4.69, 9.17) is 4.42 Å². The van der Waals surface area contributed by atoms with Crippen molar-refractivity contribution in [1.29, 1.82) is 0 Å². The van der Waals surface area contributed by atoms with Crippen molar-refractivity contribution in [2.75, 3.05) is 11.9 Å². The summed E-state index contributed by atoms with van der Waals surface area (Å²) in [5, 5.41) is 3.19. The zero-order chi connectivity index (χ0) is 11.4. The van der Waals surface area contributed by atoms with Crippen LogP contribution in [0.25, 0.3) is 11.5 Å². The Balaban J connectivity index is 2.41. The summed E-state index contributed by atoms with van der Waals surface area (Å²) >= 11 is 0. The molecule has 0 aromatic carbocycles. The predicted molar refractivity (Wildman–Crippen MR) is 63.3 cm³/mol. The van der Waals surface area contributed by atoms with Crippen LogP contribution in [0.15, 0.2) is 28.9 Å². The highest BCUT2D eigenvalue weighted by molar-refractivity contribution is 5.56. The van der Waals surface area contributed by atoms with Crippen molar-refractivity contribution in [2.24, 2.45) is 0 Å². The number of nitrogens with zero attached hydrogens (tertiary/aromatic N) is 2. The fourth-order valence-corrected chi connectivity index (χ4v) is 1.48. The minimum absolute atomic E-state index is 0.774. The standard InChI is InChI=1S/C12H15N3O/c1-3-11-14-9(10-6-5-7-16-10)8-12(15-11)13-4-2/h5-8H,3-4H2,1-2H3,(H,13,14,15). The maximum absolute atomic E-state index is 5.33. The molecular formula is C12H15N3O. The van der Waals surface area contributed by atoms with Gasteiger partial charge in [0.1, 0.15) is 17.3 Å². The van der Waals surface area contributed by atoms with E-state index in [0.29, 0.717) is 0 Å². The van der Waals surface area contributed by atoms with Gasteiger partial charge in [-0.25, -0.2) is 9.97 Å². The Bertz CT molecular complexity index is 451. The van der Waals surface area contributed by atoms with Crippen LogP contribution < -0.4 is 5.32 Å². The molecule has 2 aromatic heterocycles. The quantitative estimate of drug-likeness (QED) is 0.855. The molecule has 0 amide bonds. The van der Waals surface area contributed by atoms with Gasteiger partial charge < -0.3 is 9.73 Å². The summed E-state index contributed by atoms with van der Waals surface area (Å²) < 4.78 is 5.33. The molecule has 2 rings (SSSR count). The van der Waals surface area contributed by atoms with Crippen LogP contribution in [-0.4, -0.2) is 16.5 Å². The van der Waals surface area contributed by atoms with E-state index in [0.717, 1.165) is 36.1 Å². The molecule has 0 aliphatic carbocycles. The summed E-state index contributed by atoms with van der Waals surface area (Å²) in [5.41, 5.74) is 0.827. The fourth-order valence-electron chi connectivity index (χ4n) is 1.48. The zero-order valence-electron chi connectivity index (χ0n) is 9.53. The van der Waals surface area contributed by atoms with Gasteiger partial charge in [-0.1, -0.05) is 6.92 Å². The lowest BCUT2D eigenvalue weighted by Crippen LogP contribution is -2.03. The van der Waals surface area contributed by atoms with Crippen molar-refractivity contribution in [3.8, 4) is 11.5 Å². The first-order valence-electron chi connectivity index (χ1n) is 5.49. The molecule has 0 atom stereocenters. The van der Waals surface area contributed by atoms with Crippen molar-refractivity contribution in [3.05, 3.63) is 30.3 Å². The van der Waals surface area contributed by atoms with E-state index in [1.165, 1.54) is 0 Å². The van der Waals surface area contributed by atoms with E-state index in [2.05, 4.69) is 15.3 Å². The Morgan fingerprint density at radius 3 is 2.81 bits per heavy atom. The van der Waals surface area contributed by atoms with Crippen LogP contribution in [0, 0.1) is 0 Å². The average molecular weight is 217 g/mol. The number of aryl methyl sites for hydroxylation is 1. The summed E-state index contributed by atoms with van der Waals surface area (Å²) in [6, 6.07) is 5.66. The maximum atomic E-state index is 5.33. The fraction of sp³-hybridized carbons (Fsp3) is 0.333. The lowest BCUT2D eigenvalue weighted by molar-refractivity contribution is 0.579. The lowest BCUT2D eigenvalue weighted by Gasteiger charge is -2.06. The van der Waals surface area contributed by atoms with Gasteiger partial charge in [0.15, 0.2) is 5.76 Å². The highest BCUT2D eigenvalue weighted by Gasteiger charge is 2.07. The van der Waals surface area contributed by atoms with Gasteiger partial charge in [0.05, 0.1) is 6.26 Å². The minimum atomic E-state index is 0.774. The van der Waals surface area contributed by atoms with Crippen LogP contribution in [0.4, 0.5) is 5.82 Å². The number of nitrogens with one attached hydrogen (secondary N) is 1. The van der Waals surface area contributed by atoms with Crippen LogP contribution >= 0.6 is 0 Å². The summed E-state index contributed by atoms with van der Waals surface area (Å²) in [4.78, 5) is 8.82. The molecule has 16 heavy (non-hydrogen) atoms. The molecule has 0 aliphatic rings. The van der Waals surface area contributed by atoms with Crippen LogP contribution in [0.3, 0.4) is 0 Å². The van der Waals surface area contributed by atoms with E-state index in [-0.39, 0.29) is 0 Å². The SMILES string of the molecule is CCNc1cc(-c2ccco2)nc(CC)n1. The van der Waals surface area contributed by atoms with Crippen LogP contribution in [0.5, 0.6) is 0 Å². The second-order valence-corrected chi connectivity index (χ2v) is 3.42. The molecule has 84 valence electrons. The number of hydrogen-bond donors (Lipinski definition) is 1. The minimum Gasteiger partial charge on any atom is -0.463 e. The van der Waals surface area contributed by atoms with Gasteiger partial charge in [-0.05, 0) is 19.1 Å². The Morgan fingerprint density at radius 2 is 2.19 bits per heavy atom. The molecule has 0 fully saturated rings. The third kappa shape index (κ3) is 2.21. The third-order valence-corrected chi connectivity index (χ3v) is 2.22. The Hall–Kier alpha value is -1.84. The monoisotopic (exact) mass is 217 g/mol. The summed E-state index contributed by atoms with van der Waals surface area (Å²) in [6.45, 7) is 4.93. The van der Waals surface area contributed by atoms with Crippen molar-refractivity contribution in [2.45, 2.75) is 20.3 Å². The Morgan fingerprint density at radius 1 is 1.31 bits per heavy atom. The van der Waals surface area contributed by atoms with Gasteiger partial charge in [0, 0.05) is 19.0 Å². The van der Waals surface area contributed by atoms with Crippen molar-refractivity contribution in [3.63, 3.8) is 0 Å². The van der Waals surface area contributed by atoms with Crippen molar-refractivity contribution in [1.82, 2.24) is 9.97 Å². The number of aromatic nitrogens is 2. The Labute approximate surface area is 94.7 Å². The maximum Gasteiger partial charge on any atom is 0.152 e. The zero-order valence-corrected chi connectivity index (χ0v) is 9.53. The Kier molecular flexibility index (Phi) is 3.19. The molecule has 1 N–H and O–H groups in total. The molecule has 4 nitrogen and oxygen atoms in total. The smallest absolute Gasteiger partial charge is 0.152 e. The van der Waals surface area contributed by atoms with Gasteiger partial charge in [-0.3, -0.25) is 0 Å². The van der Waals surface area contributed by atoms with Gasteiger partial charge in [-0.15, -0.1) is 0 Å². The van der Waals surface area contributed by atoms with Crippen LogP contribution in [0.2, 0.25) is 0 Å². The topological polar surface area (TPSA) is 51.0 Å². The summed E-state index contributed by atoms with van der Waals surface area (Å²) in [5.74, 6) is 2.45. The number of rotatable bonds is 4. The third-order valence-electron chi connectivity index (χ3n) is 2.22. The summed E-state index contributed by atoms with van der Waals surface area (Å²) in [6.07, 6.45) is 2.46. The van der Waals surface area contributed by atoms with Crippen LogP contribution in [0.1, 0.15) is 19.7 Å². The van der Waals surface area contributed by atoms with Crippen molar-refractivity contribution < 1.29 is 4.42 Å². The van der Waals surface area contributed by atoms with Crippen LogP contribution in [-0.2, 0) is 6.42 Å².